The summed E-state index contributed by atoms with van der Waals surface area (Å²) in [5.41, 5.74) is 3.22. The zero-order chi connectivity index (χ0) is 26.8. The number of rotatable bonds is 5. The minimum atomic E-state index is -5.74. The lowest BCUT2D eigenvalue weighted by Gasteiger charge is -2.37. The van der Waals surface area contributed by atoms with Crippen LogP contribution in [0.15, 0.2) is 18.2 Å². The Morgan fingerprint density at radius 1 is 1.05 bits per heavy atom. The minimum Gasteiger partial charge on any atom is -0.426 e. The third-order valence-corrected chi connectivity index (χ3v) is 6.64. The maximum Gasteiger partial charge on any atom is 0.434 e. The number of nitrogens with one attached hydrogen (secondary N) is 1. The first-order valence-corrected chi connectivity index (χ1v) is 11.8. The van der Waals surface area contributed by atoms with Crippen molar-refractivity contribution in [3.8, 4) is 0 Å². The van der Waals surface area contributed by atoms with Crippen LogP contribution >= 0.6 is 0 Å². The monoisotopic (exact) mass is 535 g/mol. The number of alkyl halides is 6. The summed E-state index contributed by atoms with van der Waals surface area (Å²) in [4.78, 5) is 17.2. The Morgan fingerprint density at radius 3 is 2.27 bits per heavy atom. The molecular formula is C22H27F6N7O2. The van der Waals surface area contributed by atoms with Gasteiger partial charge < -0.3 is 14.5 Å². The summed E-state index contributed by atoms with van der Waals surface area (Å²) in [5.74, 6) is 0.933. The van der Waals surface area contributed by atoms with Gasteiger partial charge >= 0.3 is 18.4 Å². The van der Waals surface area contributed by atoms with Crippen molar-refractivity contribution in [2.24, 2.45) is 0 Å². The van der Waals surface area contributed by atoms with E-state index >= 15 is 0 Å². The van der Waals surface area contributed by atoms with Gasteiger partial charge in [0.05, 0.1) is 0 Å². The number of hydrogen-bond donors (Lipinski definition) is 1. The second kappa shape index (κ2) is 10.7. The predicted molar refractivity (Wildman–Crippen MR) is 119 cm³/mol. The Kier molecular flexibility index (Phi) is 7.80. The number of aromatic amines is 1. The molecule has 0 atom stereocenters. The molecule has 204 valence electrons. The molecule has 0 aliphatic carbocycles. The van der Waals surface area contributed by atoms with E-state index in [1.807, 2.05) is 24.0 Å². The molecule has 15 heteroatoms. The summed E-state index contributed by atoms with van der Waals surface area (Å²) in [6.07, 6.45) is -15.5. The van der Waals surface area contributed by atoms with E-state index in [0.717, 1.165) is 47.6 Å². The van der Waals surface area contributed by atoms with Gasteiger partial charge in [0.15, 0.2) is 5.82 Å². The second-order valence-electron chi connectivity index (χ2n) is 9.27. The fraction of sp³-hybridized carbons (Fsp3) is 0.636. The molecule has 4 rings (SSSR count). The highest BCUT2D eigenvalue weighted by atomic mass is 19.4. The molecule has 0 spiro atoms. The van der Waals surface area contributed by atoms with Gasteiger partial charge in [0, 0.05) is 57.4 Å². The molecule has 1 N–H and O–H groups in total. The topological polar surface area (TPSA) is 90.5 Å². The van der Waals surface area contributed by atoms with E-state index in [1.54, 1.807) is 0 Å². The van der Waals surface area contributed by atoms with E-state index in [4.69, 9.17) is 0 Å². The number of H-pyrrole nitrogens is 1. The van der Waals surface area contributed by atoms with Crippen molar-refractivity contribution in [1.82, 2.24) is 30.4 Å². The first kappa shape index (κ1) is 26.9. The number of piperidine rings is 1. The van der Waals surface area contributed by atoms with Crippen LogP contribution in [0, 0.1) is 6.92 Å². The number of hydrogen-bond acceptors (Lipinski definition) is 7. The quantitative estimate of drug-likeness (QED) is 0.585. The van der Waals surface area contributed by atoms with Crippen LogP contribution in [0.25, 0.3) is 0 Å². The summed E-state index contributed by atoms with van der Waals surface area (Å²) in [5, 5.41) is 14.3. The number of carbonyl (C=O) groups excluding carboxylic acids is 1. The Morgan fingerprint density at radius 2 is 1.70 bits per heavy atom. The maximum absolute atomic E-state index is 12.7. The first-order chi connectivity index (χ1) is 17.4. The Hall–Kier alpha value is -3.10. The molecule has 1 aromatic carbocycles. The van der Waals surface area contributed by atoms with Gasteiger partial charge in [-0.1, -0.05) is 17.3 Å². The molecule has 0 saturated carbocycles. The van der Waals surface area contributed by atoms with Gasteiger partial charge in [0.2, 0.25) is 0 Å². The van der Waals surface area contributed by atoms with Crippen molar-refractivity contribution < 1.29 is 35.9 Å². The van der Waals surface area contributed by atoms with Crippen molar-refractivity contribution in [2.75, 3.05) is 44.2 Å². The Bertz CT molecular complexity index is 1030. The van der Waals surface area contributed by atoms with Gasteiger partial charge in [-0.15, -0.1) is 10.2 Å². The number of anilines is 1. The zero-order valence-electron chi connectivity index (χ0n) is 20.0. The summed E-state index contributed by atoms with van der Waals surface area (Å²) in [6, 6.07) is 6.12. The lowest BCUT2D eigenvalue weighted by molar-refractivity contribution is -0.308. The molecule has 37 heavy (non-hydrogen) atoms. The fourth-order valence-electron chi connectivity index (χ4n) is 4.65. The van der Waals surface area contributed by atoms with Crippen LogP contribution < -0.4 is 4.90 Å². The van der Waals surface area contributed by atoms with Gasteiger partial charge in [-0.05, 0) is 37.0 Å². The van der Waals surface area contributed by atoms with Crippen LogP contribution in [-0.4, -0.2) is 94.2 Å². The molecule has 0 radical (unpaired) electrons. The minimum absolute atomic E-state index is 0.0431. The first-order valence-electron chi connectivity index (χ1n) is 11.8. The van der Waals surface area contributed by atoms with Gasteiger partial charge in [-0.3, -0.25) is 4.90 Å². The number of nitrogens with zero attached hydrogens (tertiary/aromatic N) is 6. The van der Waals surface area contributed by atoms with E-state index in [9.17, 15) is 31.1 Å². The van der Waals surface area contributed by atoms with Crippen molar-refractivity contribution in [2.45, 2.75) is 50.7 Å². The van der Waals surface area contributed by atoms with Gasteiger partial charge in [-0.2, -0.15) is 31.6 Å². The lowest BCUT2D eigenvalue weighted by atomic mass is 9.95. The molecular weight excluding hydrogens is 508 g/mol. The van der Waals surface area contributed by atoms with Crippen LogP contribution in [0.2, 0.25) is 0 Å². The van der Waals surface area contributed by atoms with Crippen LogP contribution in [0.1, 0.15) is 35.7 Å². The number of piperazine rings is 1. The molecule has 2 aliphatic heterocycles. The van der Waals surface area contributed by atoms with Gasteiger partial charge in [0.1, 0.15) is 0 Å². The van der Waals surface area contributed by atoms with Gasteiger partial charge in [-0.25, -0.2) is 4.79 Å². The number of carbonyl (C=O) groups is 1. The number of aromatic nitrogens is 4. The SMILES string of the molecule is Cc1ccc(CN2CCN(C(=O)OC(C(F)(F)F)C(F)(F)F)CC2)c(N2CCC(c3nn[nH]n3)CC2)c1. The maximum atomic E-state index is 12.7. The van der Waals surface area contributed by atoms with Crippen molar-refractivity contribution in [1.29, 1.82) is 0 Å². The average molecular weight is 535 g/mol. The van der Waals surface area contributed by atoms with Gasteiger partial charge in [0.25, 0.3) is 6.10 Å². The van der Waals surface area contributed by atoms with Crippen LogP contribution in [0.4, 0.5) is 36.8 Å². The zero-order valence-corrected chi connectivity index (χ0v) is 20.0. The molecule has 1 amide bonds. The highest BCUT2D eigenvalue weighted by molar-refractivity contribution is 5.68. The number of aryl methyl sites for hydroxylation is 1. The fourth-order valence-corrected chi connectivity index (χ4v) is 4.65. The molecule has 3 heterocycles. The highest BCUT2D eigenvalue weighted by Crippen LogP contribution is 2.36. The Labute approximate surface area is 208 Å². The number of halogens is 6. The van der Waals surface area contributed by atoms with Crippen LogP contribution in [0.3, 0.4) is 0 Å². The highest BCUT2D eigenvalue weighted by Gasteiger charge is 2.60. The molecule has 1 aromatic heterocycles. The number of ether oxygens (including phenoxy) is 1. The molecule has 2 aliphatic rings. The summed E-state index contributed by atoms with van der Waals surface area (Å²) in [6.45, 7) is 4.60. The van der Waals surface area contributed by atoms with E-state index in [1.165, 1.54) is 0 Å². The van der Waals surface area contributed by atoms with Crippen molar-refractivity contribution in [3.05, 3.63) is 35.2 Å². The van der Waals surface area contributed by atoms with E-state index < -0.39 is 24.5 Å². The third kappa shape index (κ3) is 6.62. The summed E-state index contributed by atoms with van der Waals surface area (Å²) < 4.78 is 80.1. The second-order valence-corrected chi connectivity index (χ2v) is 9.27. The van der Waals surface area contributed by atoms with E-state index in [0.29, 0.717) is 12.4 Å². The largest absolute Gasteiger partial charge is 0.434 e. The van der Waals surface area contributed by atoms with E-state index in [-0.39, 0.29) is 32.1 Å². The predicted octanol–water partition coefficient (Wildman–Crippen LogP) is 3.64. The summed E-state index contributed by atoms with van der Waals surface area (Å²) in [7, 11) is 0. The third-order valence-electron chi connectivity index (χ3n) is 6.64. The lowest BCUT2D eigenvalue weighted by Crippen LogP contribution is -2.52. The number of benzene rings is 1. The van der Waals surface area contributed by atoms with Crippen molar-refractivity contribution in [3.63, 3.8) is 0 Å². The van der Waals surface area contributed by atoms with Crippen LogP contribution in [-0.2, 0) is 11.3 Å². The average Bonchev–Trinajstić information content (AvgIpc) is 3.38. The molecule has 2 saturated heterocycles. The standard InChI is InChI=1S/C22H27F6N7O2/c1-14-2-3-16(17(12-14)34-6-4-15(5-7-34)18-29-31-32-30-18)13-33-8-10-35(11-9-33)20(36)37-19(21(23,24)25)22(26,27)28/h2-3,12,15,19H,4-11,13H2,1H3,(H,29,30,31,32). The Balaban J connectivity index is 1.34. The van der Waals surface area contributed by atoms with Crippen molar-refractivity contribution >= 4 is 11.8 Å². The molecule has 9 nitrogen and oxygen atoms in total. The van der Waals surface area contributed by atoms with Crippen LogP contribution in [0.5, 0.6) is 0 Å². The normalized spacial score (nSPS) is 18.5. The smallest absolute Gasteiger partial charge is 0.426 e. The number of amides is 1. The van der Waals surface area contributed by atoms with E-state index in [2.05, 4.69) is 36.3 Å². The molecule has 2 fully saturated rings. The molecule has 2 aromatic rings. The molecule has 0 unspecified atom stereocenters. The number of tetrazole rings is 1. The summed E-state index contributed by atoms with van der Waals surface area (Å²) >= 11 is 0. The molecule has 0 bridgehead atoms.